The number of nitrogens with zero attached hydrogens (tertiary/aromatic N) is 1. The molecule has 1 heterocycles. The van der Waals surface area contributed by atoms with Gasteiger partial charge in [-0.15, -0.1) is 0 Å². The van der Waals surface area contributed by atoms with E-state index in [2.05, 4.69) is 0 Å². The van der Waals surface area contributed by atoms with Gasteiger partial charge in [0.05, 0.1) is 5.69 Å². The summed E-state index contributed by atoms with van der Waals surface area (Å²) in [5.74, 6) is 0. The van der Waals surface area contributed by atoms with Gasteiger partial charge in [-0.25, -0.2) is 17.6 Å². The van der Waals surface area contributed by atoms with Crippen molar-refractivity contribution in [2.75, 3.05) is 0 Å². The Balaban J connectivity index is 3.48. The molecule has 0 spiro atoms. The average molecular weight is 220 g/mol. The molecule has 0 aliphatic heterocycles. The van der Waals surface area contributed by atoms with Gasteiger partial charge < -0.3 is 4.98 Å². The first-order valence-corrected chi connectivity index (χ1v) is 3.71. The lowest BCUT2D eigenvalue weighted by Crippen LogP contribution is -2.16. The van der Waals surface area contributed by atoms with Crippen LogP contribution < -0.4 is 5.56 Å². The summed E-state index contributed by atoms with van der Waals surface area (Å²) in [6.07, 6.45) is -6.21. The van der Waals surface area contributed by atoms with E-state index < -0.39 is 35.2 Å². The molecule has 1 aromatic rings. The summed E-state index contributed by atoms with van der Waals surface area (Å²) in [6.45, 7) is 0. The van der Waals surface area contributed by atoms with E-state index in [0.717, 1.165) is 0 Å². The van der Waals surface area contributed by atoms with Crippen LogP contribution in [0.2, 0.25) is 0 Å². The number of aromatic amines is 1. The van der Waals surface area contributed by atoms with Crippen molar-refractivity contribution < 1.29 is 17.6 Å². The minimum absolute atomic E-state index is 0.426. The lowest BCUT2D eigenvalue weighted by atomic mass is 10.1. The van der Waals surface area contributed by atoms with Crippen LogP contribution in [-0.2, 0) is 0 Å². The number of halogens is 4. The van der Waals surface area contributed by atoms with Crippen molar-refractivity contribution in [2.45, 2.75) is 12.9 Å². The third-order valence-electron chi connectivity index (χ3n) is 1.67. The van der Waals surface area contributed by atoms with Crippen LogP contribution in [-0.4, -0.2) is 4.98 Å². The third kappa shape index (κ3) is 2.15. The molecule has 0 aromatic carbocycles. The van der Waals surface area contributed by atoms with Gasteiger partial charge in [0.1, 0.15) is 11.6 Å². The number of rotatable bonds is 2. The van der Waals surface area contributed by atoms with Crippen LogP contribution in [0.3, 0.4) is 0 Å². The SMILES string of the molecule is N#Cc1c(C(F)F)cc(C(F)F)[nH]c1=O. The topological polar surface area (TPSA) is 56.6 Å². The number of hydrogen-bond acceptors (Lipinski definition) is 2. The van der Waals surface area contributed by atoms with E-state index in [-0.39, 0.29) is 0 Å². The van der Waals surface area contributed by atoms with Crippen molar-refractivity contribution >= 4 is 0 Å². The fourth-order valence-electron chi connectivity index (χ4n) is 1.01. The number of alkyl halides is 4. The molecule has 0 bridgehead atoms. The number of nitriles is 1. The Bertz CT molecular complexity index is 461. The van der Waals surface area contributed by atoms with Crippen LogP contribution in [0, 0.1) is 11.3 Å². The van der Waals surface area contributed by atoms with E-state index in [9.17, 15) is 22.4 Å². The van der Waals surface area contributed by atoms with Crippen molar-refractivity contribution in [3.8, 4) is 6.07 Å². The first-order valence-electron chi connectivity index (χ1n) is 3.71. The molecule has 0 saturated carbocycles. The summed E-state index contributed by atoms with van der Waals surface area (Å²) in [5, 5.41) is 8.39. The van der Waals surface area contributed by atoms with Gasteiger partial charge in [0.15, 0.2) is 0 Å². The fraction of sp³-hybridized carbons (Fsp3) is 0.250. The number of pyridine rings is 1. The van der Waals surface area contributed by atoms with Crippen LogP contribution in [0.4, 0.5) is 17.6 Å². The maximum absolute atomic E-state index is 12.3. The molecule has 7 heteroatoms. The predicted octanol–water partition coefficient (Wildman–Crippen LogP) is 2.12. The van der Waals surface area contributed by atoms with Crippen molar-refractivity contribution in [1.82, 2.24) is 4.98 Å². The first kappa shape index (κ1) is 11.2. The van der Waals surface area contributed by atoms with E-state index in [1.54, 1.807) is 4.98 Å². The van der Waals surface area contributed by atoms with Crippen molar-refractivity contribution in [1.29, 1.82) is 5.26 Å². The van der Waals surface area contributed by atoms with Gasteiger partial charge in [0.2, 0.25) is 0 Å². The Morgan fingerprint density at radius 1 is 1.27 bits per heavy atom. The quantitative estimate of drug-likeness (QED) is 0.776. The molecular formula is C8H4F4N2O. The summed E-state index contributed by atoms with van der Waals surface area (Å²) < 4.78 is 48.8. The molecule has 1 N–H and O–H groups in total. The highest BCUT2D eigenvalue weighted by molar-refractivity contribution is 5.37. The molecule has 1 rings (SSSR count). The number of aromatic nitrogens is 1. The lowest BCUT2D eigenvalue weighted by Gasteiger charge is -2.05. The lowest BCUT2D eigenvalue weighted by molar-refractivity contribution is 0.139. The van der Waals surface area contributed by atoms with E-state index in [0.29, 0.717) is 6.07 Å². The van der Waals surface area contributed by atoms with Crippen molar-refractivity contribution in [3.05, 3.63) is 33.2 Å². The normalized spacial score (nSPS) is 10.7. The molecule has 0 aliphatic rings. The molecule has 0 amide bonds. The maximum Gasteiger partial charge on any atom is 0.278 e. The Morgan fingerprint density at radius 2 is 1.87 bits per heavy atom. The van der Waals surface area contributed by atoms with Crippen LogP contribution in [0.15, 0.2) is 10.9 Å². The first-order chi connectivity index (χ1) is 6.97. The fourth-order valence-corrected chi connectivity index (χ4v) is 1.01. The second-order valence-electron chi connectivity index (χ2n) is 2.60. The second kappa shape index (κ2) is 4.13. The van der Waals surface area contributed by atoms with Gasteiger partial charge in [-0.1, -0.05) is 0 Å². The van der Waals surface area contributed by atoms with E-state index in [1.165, 1.54) is 6.07 Å². The molecule has 0 fully saturated rings. The zero-order valence-electron chi connectivity index (χ0n) is 7.10. The molecule has 80 valence electrons. The van der Waals surface area contributed by atoms with Gasteiger partial charge >= 0.3 is 0 Å². The van der Waals surface area contributed by atoms with Gasteiger partial charge in [0.25, 0.3) is 18.4 Å². The molecule has 15 heavy (non-hydrogen) atoms. The van der Waals surface area contributed by atoms with E-state index in [1.807, 2.05) is 0 Å². The number of H-pyrrole nitrogens is 1. The van der Waals surface area contributed by atoms with Gasteiger partial charge in [0, 0.05) is 5.56 Å². The highest BCUT2D eigenvalue weighted by Crippen LogP contribution is 2.24. The Hall–Kier alpha value is -1.84. The molecule has 3 nitrogen and oxygen atoms in total. The summed E-state index contributed by atoms with van der Waals surface area (Å²) >= 11 is 0. The summed E-state index contributed by atoms with van der Waals surface area (Å²) in [7, 11) is 0. The predicted molar refractivity (Wildman–Crippen MR) is 41.7 cm³/mol. The largest absolute Gasteiger partial charge is 0.320 e. The Labute approximate surface area is 81.0 Å². The van der Waals surface area contributed by atoms with Crippen molar-refractivity contribution in [2.24, 2.45) is 0 Å². The highest BCUT2D eigenvalue weighted by Gasteiger charge is 2.20. The maximum atomic E-state index is 12.3. The zero-order valence-corrected chi connectivity index (χ0v) is 7.10. The average Bonchev–Trinajstić information content (AvgIpc) is 2.16. The minimum atomic E-state index is -3.14. The molecule has 0 atom stereocenters. The number of hydrogen-bond donors (Lipinski definition) is 1. The molecule has 0 saturated heterocycles. The molecule has 0 radical (unpaired) electrons. The van der Waals surface area contributed by atoms with Crippen LogP contribution in [0.25, 0.3) is 0 Å². The monoisotopic (exact) mass is 220 g/mol. The third-order valence-corrected chi connectivity index (χ3v) is 1.67. The van der Waals surface area contributed by atoms with Crippen LogP contribution in [0.5, 0.6) is 0 Å². The van der Waals surface area contributed by atoms with Crippen LogP contribution in [0.1, 0.15) is 29.7 Å². The summed E-state index contributed by atoms with van der Waals surface area (Å²) in [6, 6.07) is 1.67. The minimum Gasteiger partial charge on any atom is -0.320 e. The molecule has 1 aromatic heterocycles. The standard InChI is InChI=1S/C8H4F4N2O/c9-6(10)3-1-5(7(11)12)14-8(15)4(3)2-13/h1,6-7H,(H,14,15). The molecule has 0 unspecified atom stereocenters. The molecular weight excluding hydrogens is 216 g/mol. The summed E-state index contributed by atoms with van der Waals surface area (Å²) in [4.78, 5) is 12.6. The van der Waals surface area contributed by atoms with Gasteiger partial charge in [-0.2, -0.15) is 5.26 Å². The smallest absolute Gasteiger partial charge is 0.278 e. The van der Waals surface area contributed by atoms with E-state index >= 15 is 0 Å². The van der Waals surface area contributed by atoms with Crippen LogP contribution >= 0.6 is 0 Å². The summed E-state index contributed by atoms with van der Waals surface area (Å²) in [5.41, 5.74) is -3.97. The van der Waals surface area contributed by atoms with Gasteiger partial charge in [-0.05, 0) is 6.07 Å². The van der Waals surface area contributed by atoms with Gasteiger partial charge in [-0.3, -0.25) is 4.79 Å². The Kier molecular flexibility index (Phi) is 3.09. The Morgan fingerprint density at radius 3 is 2.27 bits per heavy atom. The molecule has 0 aliphatic carbocycles. The second-order valence-corrected chi connectivity index (χ2v) is 2.60. The van der Waals surface area contributed by atoms with E-state index in [4.69, 9.17) is 5.26 Å². The number of nitrogens with one attached hydrogen (secondary N) is 1. The van der Waals surface area contributed by atoms with Crippen molar-refractivity contribution in [3.63, 3.8) is 0 Å². The zero-order chi connectivity index (χ0) is 11.6. The highest BCUT2D eigenvalue weighted by atomic mass is 19.3.